The van der Waals surface area contributed by atoms with E-state index >= 15 is 0 Å². The lowest BCUT2D eigenvalue weighted by Crippen LogP contribution is -2.59. The number of hydrogen-bond donors (Lipinski definition) is 2. The van der Waals surface area contributed by atoms with Crippen LogP contribution >= 0.6 is 0 Å². The van der Waals surface area contributed by atoms with Crippen molar-refractivity contribution in [3.05, 3.63) is 122 Å². The fourth-order valence-electron chi connectivity index (χ4n) is 6.49. The summed E-state index contributed by atoms with van der Waals surface area (Å²) in [7, 11) is 1.67. The van der Waals surface area contributed by atoms with Crippen molar-refractivity contribution in [3.63, 3.8) is 0 Å². The number of anilines is 1. The number of aromatic nitrogens is 2. The van der Waals surface area contributed by atoms with E-state index in [9.17, 15) is 34.4 Å². The number of imide groups is 1. The highest BCUT2D eigenvalue weighted by atomic mass is 16.6. The molecule has 0 spiro atoms. The largest absolute Gasteiger partial charge is 0.480 e. The lowest BCUT2D eigenvalue weighted by molar-refractivity contribution is -0.384. The number of carbonyl (C=O) groups excluding carboxylic acids is 2. The summed E-state index contributed by atoms with van der Waals surface area (Å²) in [6.45, 7) is 1.20. The monoisotopic (exact) mass is 611 g/mol. The molecule has 45 heavy (non-hydrogen) atoms. The molecule has 2 saturated heterocycles. The van der Waals surface area contributed by atoms with Crippen molar-refractivity contribution in [2.24, 2.45) is 18.9 Å². The van der Waals surface area contributed by atoms with Crippen LogP contribution in [0.25, 0.3) is 5.69 Å². The summed E-state index contributed by atoms with van der Waals surface area (Å²) in [6, 6.07) is 21.7. The van der Waals surface area contributed by atoms with E-state index in [1.165, 1.54) is 22.9 Å². The Morgan fingerprint density at radius 1 is 0.978 bits per heavy atom. The molecule has 13 heteroatoms. The minimum atomic E-state index is -2.11. The smallest absolute Gasteiger partial charge is 0.327 e. The zero-order valence-electron chi connectivity index (χ0n) is 24.3. The number of amides is 2. The summed E-state index contributed by atoms with van der Waals surface area (Å²) in [6.07, 6.45) is 0. The lowest BCUT2D eigenvalue weighted by Gasteiger charge is -2.30. The predicted molar refractivity (Wildman–Crippen MR) is 161 cm³/mol. The van der Waals surface area contributed by atoms with Gasteiger partial charge in [-0.15, -0.1) is 0 Å². The van der Waals surface area contributed by atoms with Gasteiger partial charge in [0.2, 0.25) is 11.8 Å². The number of benzene rings is 3. The first-order valence-corrected chi connectivity index (χ1v) is 14.2. The average molecular weight is 612 g/mol. The maximum Gasteiger partial charge on any atom is 0.327 e. The van der Waals surface area contributed by atoms with Gasteiger partial charge in [-0.05, 0) is 30.7 Å². The number of para-hydroxylation sites is 1. The molecule has 6 rings (SSSR count). The number of aliphatic carboxylic acids is 1. The van der Waals surface area contributed by atoms with E-state index in [1.807, 2.05) is 6.07 Å². The van der Waals surface area contributed by atoms with Crippen LogP contribution in [-0.4, -0.2) is 49.3 Å². The number of carbonyl (C=O) groups is 3. The van der Waals surface area contributed by atoms with Gasteiger partial charge in [0.15, 0.2) is 5.54 Å². The van der Waals surface area contributed by atoms with Crippen LogP contribution in [-0.2, 0) is 32.8 Å². The van der Waals surface area contributed by atoms with Crippen molar-refractivity contribution in [1.29, 1.82) is 0 Å². The van der Waals surface area contributed by atoms with Crippen LogP contribution in [0.4, 0.5) is 11.4 Å². The third kappa shape index (κ3) is 4.73. The topological polar surface area (TPSA) is 166 Å². The van der Waals surface area contributed by atoms with E-state index in [2.05, 4.69) is 5.32 Å². The number of nitro benzene ring substituents is 1. The van der Waals surface area contributed by atoms with Gasteiger partial charge in [-0.3, -0.25) is 39.3 Å². The van der Waals surface area contributed by atoms with E-state index in [4.69, 9.17) is 4.74 Å². The number of rotatable bonds is 9. The second-order valence-electron chi connectivity index (χ2n) is 11.1. The fourth-order valence-corrected chi connectivity index (χ4v) is 6.49. The second kappa shape index (κ2) is 11.3. The van der Waals surface area contributed by atoms with E-state index in [1.54, 1.807) is 73.3 Å². The van der Waals surface area contributed by atoms with Crippen molar-refractivity contribution < 1.29 is 29.2 Å². The number of nitro groups is 1. The Hall–Kier alpha value is -5.40. The molecular formula is C32H29N5O8. The third-order valence-electron chi connectivity index (χ3n) is 8.69. The molecule has 0 bridgehead atoms. The van der Waals surface area contributed by atoms with E-state index < -0.39 is 58.3 Å². The van der Waals surface area contributed by atoms with Gasteiger partial charge in [0.05, 0.1) is 53.0 Å². The fraction of sp³-hybridized carbons (Fsp3) is 0.250. The molecule has 230 valence electrons. The molecule has 4 atom stereocenters. The van der Waals surface area contributed by atoms with Crippen LogP contribution in [0.2, 0.25) is 0 Å². The highest BCUT2D eigenvalue weighted by molar-refractivity contribution is 6.24. The summed E-state index contributed by atoms with van der Waals surface area (Å²) < 4.78 is 8.91. The number of fused-ring (bicyclic) bond motifs is 1. The Balaban J connectivity index is 1.49. The van der Waals surface area contributed by atoms with Crippen molar-refractivity contribution in [1.82, 2.24) is 14.7 Å². The second-order valence-corrected chi connectivity index (χ2v) is 11.1. The van der Waals surface area contributed by atoms with Crippen molar-refractivity contribution in [2.75, 3.05) is 11.5 Å². The molecule has 2 fully saturated rings. The first-order valence-electron chi connectivity index (χ1n) is 14.2. The third-order valence-corrected chi connectivity index (χ3v) is 8.69. The van der Waals surface area contributed by atoms with Crippen molar-refractivity contribution >= 4 is 29.2 Å². The minimum absolute atomic E-state index is 0.0293. The summed E-state index contributed by atoms with van der Waals surface area (Å²) in [5.74, 6) is -5.89. The Morgan fingerprint density at radius 3 is 2.27 bits per heavy atom. The molecule has 3 heterocycles. The number of ether oxygens (including phenoxy) is 1. The summed E-state index contributed by atoms with van der Waals surface area (Å²) in [5.41, 5.74) is -1.11. The molecule has 0 aliphatic carbocycles. The molecule has 1 aromatic heterocycles. The van der Waals surface area contributed by atoms with Crippen molar-refractivity contribution in [3.8, 4) is 5.69 Å². The molecule has 0 radical (unpaired) electrons. The van der Waals surface area contributed by atoms with Crippen LogP contribution in [0.15, 0.2) is 89.7 Å². The normalized spacial score (nSPS) is 22.5. The molecule has 2 N–H and O–H groups in total. The van der Waals surface area contributed by atoms with Gasteiger partial charge in [-0.25, -0.2) is 9.58 Å². The van der Waals surface area contributed by atoms with Crippen LogP contribution in [0.3, 0.4) is 0 Å². The highest BCUT2D eigenvalue weighted by Crippen LogP contribution is 2.50. The Bertz CT molecular complexity index is 1890. The van der Waals surface area contributed by atoms with Gasteiger partial charge < -0.3 is 9.84 Å². The van der Waals surface area contributed by atoms with Crippen LogP contribution < -0.4 is 15.8 Å². The molecule has 4 aromatic rings. The number of carboxylic acids is 1. The van der Waals surface area contributed by atoms with E-state index in [0.717, 1.165) is 16.5 Å². The molecule has 3 aromatic carbocycles. The first-order chi connectivity index (χ1) is 21.6. The zero-order chi connectivity index (χ0) is 32.0. The molecule has 13 nitrogen and oxygen atoms in total. The number of nitrogens with one attached hydrogen (secondary N) is 1. The summed E-state index contributed by atoms with van der Waals surface area (Å²) in [4.78, 5) is 67.2. The average Bonchev–Trinajstić information content (AvgIpc) is 3.59. The lowest BCUT2D eigenvalue weighted by atomic mass is 9.79. The Kier molecular flexibility index (Phi) is 7.43. The predicted octanol–water partition coefficient (Wildman–Crippen LogP) is 2.88. The molecule has 2 aliphatic heterocycles. The molecule has 4 unspecified atom stereocenters. The SMILES string of the molecule is Cc1c(C2NC(COCc3ccccc3)(C(=O)O)C3C(=O)N(c4cccc([N+](=O)[O-])c4)C(=O)C23)c(=O)n(-c2ccccc2)n1C. The number of hydrogen-bond acceptors (Lipinski definition) is 8. The number of carboxylic acid groups (broad SMARTS) is 1. The Labute approximate surface area is 256 Å². The molecular weight excluding hydrogens is 582 g/mol. The maximum atomic E-state index is 14.2. The van der Waals surface area contributed by atoms with Gasteiger partial charge in [0, 0.05) is 24.9 Å². The van der Waals surface area contributed by atoms with E-state index in [-0.39, 0.29) is 23.5 Å². The van der Waals surface area contributed by atoms with Gasteiger partial charge >= 0.3 is 5.97 Å². The minimum Gasteiger partial charge on any atom is -0.480 e. The van der Waals surface area contributed by atoms with Crippen molar-refractivity contribution in [2.45, 2.75) is 25.1 Å². The number of nitrogens with zero attached hydrogens (tertiary/aromatic N) is 4. The Morgan fingerprint density at radius 2 is 1.62 bits per heavy atom. The molecule has 0 saturated carbocycles. The standard InChI is InChI=1S/C32H29N5O8/c1-19-24(29(39)36(34(19)2)21-12-7-4-8-13-21)27-25-26(30(40)35(28(25)38)22-14-9-15-23(16-22)37(43)44)32(33-27,31(41)42)18-45-17-20-10-5-3-6-11-20/h3-16,25-27,33H,17-18H2,1-2H3,(H,41,42). The molecule has 2 aliphatic rings. The van der Waals surface area contributed by atoms with Crippen LogP contribution in [0.5, 0.6) is 0 Å². The summed E-state index contributed by atoms with van der Waals surface area (Å²) in [5, 5.41) is 25.2. The van der Waals surface area contributed by atoms with Crippen LogP contribution in [0.1, 0.15) is 22.9 Å². The van der Waals surface area contributed by atoms with E-state index in [0.29, 0.717) is 11.4 Å². The van der Waals surface area contributed by atoms with Gasteiger partial charge in [0.1, 0.15) is 0 Å². The maximum absolute atomic E-state index is 14.2. The quantitative estimate of drug-likeness (QED) is 0.164. The van der Waals surface area contributed by atoms with Gasteiger partial charge in [-0.1, -0.05) is 54.6 Å². The van der Waals surface area contributed by atoms with Crippen LogP contribution in [0, 0.1) is 28.9 Å². The van der Waals surface area contributed by atoms with Gasteiger partial charge in [-0.2, -0.15) is 0 Å². The zero-order valence-corrected chi connectivity index (χ0v) is 24.3. The first kappa shape index (κ1) is 29.7. The number of non-ortho nitro benzene ring substituents is 1. The highest BCUT2D eigenvalue weighted by Gasteiger charge is 2.69. The van der Waals surface area contributed by atoms with Gasteiger partial charge in [0.25, 0.3) is 11.2 Å². The molecule has 2 amide bonds. The summed E-state index contributed by atoms with van der Waals surface area (Å²) >= 11 is 0.